The van der Waals surface area contributed by atoms with E-state index in [0.29, 0.717) is 11.5 Å². The fraction of sp³-hybridized carbons (Fsp3) is 0.0769. The van der Waals surface area contributed by atoms with Crippen molar-refractivity contribution in [1.82, 2.24) is 0 Å². The van der Waals surface area contributed by atoms with E-state index in [1.54, 1.807) is 36.4 Å². The maximum Gasteiger partial charge on any atom is 0.230 e. The standard InChI is InChI=1S/C13H10O4/c14-8-1-3-10-11-4-2-9(15)6-13(11)17-7-16-12(10)5-8/h1-6,14-15H,7H2. The van der Waals surface area contributed by atoms with E-state index in [1.165, 1.54) is 0 Å². The van der Waals surface area contributed by atoms with Gasteiger partial charge in [-0.25, -0.2) is 0 Å². The molecular weight excluding hydrogens is 220 g/mol. The van der Waals surface area contributed by atoms with Gasteiger partial charge in [-0.15, -0.1) is 0 Å². The quantitative estimate of drug-likeness (QED) is 0.730. The lowest BCUT2D eigenvalue weighted by atomic mass is 10.0. The molecule has 0 radical (unpaired) electrons. The summed E-state index contributed by atoms with van der Waals surface area (Å²) < 4.78 is 10.8. The second-order valence-corrected chi connectivity index (χ2v) is 3.77. The van der Waals surface area contributed by atoms with E-state index < -0.39 is 0 Å². The zero-order chi connectivity index (χ0) is 11.8. The van der Waals surface area contributed by atoms with Gasteiger partial charge in [0.25, 0.3) is 0 Å². The third kappa shape index (κ3) is 1.63. The van der Waals surface area contributed by atoms with Crippen molar-refractivity contribution >= 4 is 0 Å². The summed E-state index contributed by atoms with van der Waals surface area (Å²) in [6.07, 6.45) is 0. The first-order valence-electron chi connectivity index (χ1n) is 5.16. The molecule has 0 fully saturated rings. The summed E-state index contributed by atoms with van der Waals surface area (Å²) >= 11 is 0. The number of ether oxygens (including phenoxy) is 2. The molecule has 17 heavy (non-hydrogen) atoms. The normalized spacial score (nSPS) is 12.7. The highest BCUT2D eigenvalue weighted by Crippen LogP contribution is 2.41. The summed E-state index contributed by atoms with van der Waals surface area (Å²) in [7, 11) is 0. The molecule has 1 aliphatic heterocycles. The topological polar surface area (TPSA) is 58.9 Å². The van der Waals surface area contributed by atoms with Crippen LogP contribution < -0.4 is 9.47 Å². The lowest BCUT2D eigenvalue weighted by Crippen LogP contribution is -2.03. The third-order valence-electron chi connectivity index (χ3n) is 2.65. The van der Waals surface area contributed by atoms with Crippen LogP contribution in [0.2, 0.25) is 0 Å². The fourth-order valence-electron chi connectivity index (χ4n) is 1.86. The Bertz CT molecular complexity index is 526. The molecule has 1 aliphatic rings. The minimum absolute atomic E-state index is 0.0485. The van der Waals surface area contributed by atoms with E-state index in [9.17, 15) is 10.2 Å². The van der Waals surface area contributed by atoms with Crippen LogP contribution in [0.3, 0.4) is 0 Å². The van der Waals surface area contributed by atoms with E-state index >= 15 is 0 Å². The Morgan fingerprint density at radius 1 is 0.765 bits per heavy atom. The summed E-state index contributed by atoms with van der Waals surface area (Å²) in [5.41, 5.74) is 1.66. The number of hydrogen-bond acceptors (Lipinski definition) is 4. The van der Waals surface area contributed by atoms with Crippen LogP contribution in [0.4, 0.5) is 0 Å². The Morgan fingerprint density at radius 2 is 1.24 bits per heavy atom. The smallest absolute Gasteiger partial charge is 0.230 e. The number of hydrogen-bond donors (Lipinski definition) is 2. The number of phenolic OH excluding ortho intramolecular Hbond substituents is 2. The van der Waals surface area contributed by atoms with Crippen molar-refractivity contribution in [3.8, 4) is 34.1 Å². The second kappa shape index (κ2) is 3.59. The summed E-state index contributed by atoms with van der Waals surface area (Å²) in [4.78, 5) is 0. The van der Waals surface area contributed by atoms with Crippen molar-refractivity contribution in [2.45, 2.75) is 0 Å². The molecule has 0 atom stereocenters. The molecule has 4 nitrogen and oxygen atoms in total. The average Bonchev–Trinajstić information content (AvgIpc) is 2.47. The molecule has 0 saturated carbocycles. The molecule has 2 aromatic carbocycles. The number of fused-ring (bicyclic) bond motifs is 3. The Balaban J connectivity index is 2.24. The number of phenols is 2. The van der Waals surface area contributed by atoms with Gasteiger partial charge in [-0.1, -0.05) is 0 Å². The van der Waals surface area contributed by atoms with Gasteiger partial charge in [0.1, 0.15) is 23.0 Å². The van der Waals surface area contributed by atoms with Gasteiger partial charge in [-0.05, 0) is 24.3 Å². The number of aromatic hydroxyl groups is 2. The molecule has 0 amide bonds. The largest absolute Gasteiger partial charge is 0.508 e. The third-order valence-corrected chi connectivity index (χ3v) is 2.65. The predicted molar refractivity (Wildman–Crippen MR) is 61.3 cm³/mol. The predicted octanol–water partition coefficient (Wildman–Crippen LogP) is 2.49. The minimum atomic E-state index is 0.0485. The summed E-state index contributed by atoms with van der Waals surface area (Å²) in [5, 5.41) is 18.8. The zero-order valence-corrected chi connectivity index (χ0v) is 8.88. The van der Waals surface area contributed by atoms with E-state index in [2.05, 4.69) is 0 Å². The highest BCUT2D eigenvalue weighted by atomic mass is 16.7. The Kier molecular flexibility index (Phi) is 2.08. The van der Waals surface area contributed by atoms with Gasteiger partial charge in [-0.3, -0.25) is 0 Å². The SMILES string of the molecule is Oc1ccc2c(c1)OCOc1cc(O)ccc1-2. The summed E-state index contributed by atoms with van der Waals surface area (Å²) in [6.45, 7) is 0.0485. The lowest BCUT2D eigenvalue weighted by Gasteiger charge is -2.07. The van der Waals surface area contributed by atoms with Crippen LogP contribution in [-0.4, -0.2) is 17.0 Å². The first-order valence-corrected chi connectivity index (χ1v) is 5.16. The van der Waals surface area contributed by atoms with Gasteiger partial charge in [0.15, 0.2) is 0 Å². The Labute approximate surface area is 97.7 Å². The maximum absolute atomic E-state index is 9.41. The lowest BCUT2D eigenvalue weighted by molar-refractivity contribution is 0.124. The van der Waals surface area contributed by atoms with Crippen molar-refractivity contribution in [3.05, 3.63) is 36.4 Å². The first kappa shape index (κ1) is 9.84. The number of benzene rings is 2. The van der Waals surface area contributed by atoms with Crippen molar-refractivity contribution in [1.29, 1.82) is 0 Å². The van der Waals surface area contributed by atoms with Gasteiger partial charge < -0.3 is 19.7 Å². The highest BCUT2D eigenvalue weighted by molar-refractivity contribution is 5.77. The second-order valence-electron chi connectivity index (χ2n) is 3.77. The van der Waals surface area contributed by atoms with E-state index in [-0.39, 0.29) is 18.3 Å². The summed E-state index contributed by atoms with van der Waals surface area (Å²) in [5.74, 6) is 1.42. The van der Waals surface area contributed by atoms with Crippen LogP contribution in [0.5, 0.6) is 23.0 Å². The van der Waals surface area contributed by atoms with Crippen LogP contribution in [-0.2, 0) is 0 Å². The van der Waals surface area contributed by atoms with Gasteiger partial charge in [0.05, 0.1) is 0 Å². The highest BCUT2D eigenvalue weighted by Gasteiger charge is 2.17. The van der Waals surface area contributed by atoms with Gasteiger partial charge in [0.2, 0.25) is 6.79 Å². The molecule has 4 heteroatoms. The molecule has 0 saturated heterocycles. The fourth-order valence-corrected chi connectivity index (χ4v) is 1.86. The molecule has 0 unspecified atom stereocenters. The van der Waals surface area contributed by atoms with E-state index in [4.69, 9.17) is 9.47 Å². The van der Waals surface area contributed by atoms with Crippen LogP contribution >= 0.6 is 0 Å². The molecule has 0 aromatic heterocycles. The average molecular weight is 230 g/mol. The van der Waals surface area contributed by atoms with E-state index in [0.717, 1.165) is 11.1 Å². The monoisotopic (exact) mass is 230 g/mol. The Hall–Kier alpha value is -2.36. The van der Waals surface area contributed by atoms with Crippen LogP contribution in [0.25, 0.3) is 11.1 Å². The summed E-state index contributed by atoms with van der Waals surface area (Å²) in [6, 6.07) is 9.78. The van der Waals surface area contributed by atoms with Crippen LogP contribution in [0, 0.1) is 0 Å². The van der Waals surface area contributed by atoms with Crippen molar-refractivity contribution in [3.63, 3.8) is 0 Å². The van der Waals surface area contributed by atoms with Crippen LogP contribution in [0.15, 0.2) is 36.4 Å². The number of rotatable bonds is 0. The first-order chi connectivity index (χ1) is 8.24. The van der Waals surface area contributed by atoms with Gasteiger partial charge >= 0.3 is 0 Å². The van der Waals surface area contributed by atoms with Gasteiger partial charge in [-0.2, -0.15) is 0 Å². The molecule has 3 rings (SSSR count). The minimum Gasteiger partial charge on any atom is -0.508 e. The molecular formula is C13H10O4. The van der Waals surface area contributed by atoms with E-state index in [1.807, 2.05) is 0 Å². The molecule has 2 N–H and O–H groups in total. The zero-order valence-electron chi connectivity index (χ0n) is 8.88. The van der Waals surface area contributed by atoms with Crippen molar-refractivity contribution in [2.75, 3.05) is 6.79 Å². The van der Waals surface area contributed by atoms with Crippen LogP contribution in [0.1, 0.15) is 0 Å². The molecule has 0 spiro atoms. The van der Waals surface area contributed by atoms with Crippen molar-refractivity contribution in [2.24, 2.45) is 0 Å². The Morgan fingerprint density at radius 3 is 1.71 bits per heavy atom. The molecule has 86 valence electrons. The molecule has 0 aliphatic carbocycles. The maximum atomic E-state index is 9.41. The van der Waals surface area contributed by atoms with Gasteiger partial charge in [0, 0.05) is 23.3 Å². The molecule has 1 heterocycles. The molecule has 0 bridgehead atoms. The van der Waals surface area contributed by atoms with Crippen molar-refractivity contribution < 1.29 is 19.7 Å². The molecule has 2 aromatic rings.